The molecular weight excluding hydrogens is 223 g/mol. The van der Waals surface area contributed by atoms with Crippen LogP contribution in [0.4, 0.5) is 10.1 Å². The highest BCUT2D eigenvalue weighted by Crippen LogP contribution is 2.14. The number of nitrogens with zero attached hydrogens (tertiary/aromatic N) is 1. The lowest BCUT2D eigenvalue weighted by Gasteiger charge is -2.11. The fourth-order valence-corrected chi connectivity index (χ4v) is 1.43. The summed E-state index contributed by atoms with van der Waals surface area (Å²) in [6.45, 7) is 1.67. The summed E-state index contributed by atoms with van der Waals surface area (Å²) in [6, 6.07) is 4.05. The number of carboxylic acid groups (broad SMARTS) is 1. The number of rotatable bonds is 6. The van der Waals surface area contributed by atoms with Gasteiger partial charge in [-0.2, -0.15) is 0 Å². The molecule has 17 heavy (non-hydrogen) atoms. The minimum absolute atomic E-state index is 0.302. The number of halogens is 1. The highest BCUT2D eigenvalue weighted by atomic mass is 19.1. The summed E-state index contributed by atoms with van der Waals surface area (Å²) >= 11 is 0. The van der Waals surface area contributed by atoms with Gasteiger partial charge < -0.3 is 15.3 Å². The molecule has 0 aliphatic rings. The maximum absolute atomic E-state index is 13.3. The van der Waals surface area contributed by atoms with E-state index >= 15 is 0 Å². The molecule has 0 unspecified atom stereocenters. The average molecular weight is 240 g/mol. The quantitative estimate of drug-likeness (QED) is 0.745. The van der Waals surface area contributed by atoms with E-state index in [4.69, 9.17) is 5.11 Å². The Morgan fingerprint density at radius 2 is 2.18 bits per heavy atom. The van der Waals surface area contributed by atoms with Crippen molar-refractivity contribution in [2.24, 2.45) is 0 Å². The fraction of sp³-hybridized carbons (Fsp3) is 0.417. The van der Waals surface area contributed by atoms with E-state index in [1.165, 1.54) is 12.1 Å². The lowest BCUT2D eigenvalue weighted by Crippen LogP contribution is -2.16. The zero-order valence-corrected chi connectivity index (χ0v) is 10.0. The van der Waals surface area contributed by atoms with Crippen LogP contribution in [-0.4, -0.2) is 43.2 Å². The van der Waals surface area contributed by atoms with Gasteiger partial charge in [0.05, 0.1) is 5.56 Å². The Hall–Kier alpha value is -1.62. The van der Waals surface area contributed by atoms with Crippen LogP contribution < -0.4 is 5.32 Å². The van der Waals surface area contributed by atoms with E-state index in [-0.39, 0.29) is 5.56 Å². The van der Waals surface area contributed by atoms with Gasteiger partial charge in [0.1, 0.15) is 5.82 Å². The lowest BCUT2D eigenvalue weighted by atomic mass is 10.2. The second kappa shape index (κ2) is 6.20. The van der Waals surface area contributed by atoms with Crippen molar-refractivity contribution in [2.75, 3.05) is 32.5 Å². The Morgan fingerprint density at radius 1 is 1.47 bits per heavy atom. The Kier molecular flexibility index (Phi) is 4.90. The first-order valence-electron chi connectivity index (χ1n) is 5.42. The van der Waals surface area contributed by atoms with Crippen LogP contribution in [0, 0.1) is 5.82 Å². The van der Waals surface area contributed by atoms with Gasteiger partial charge in [-0.3, -0.25) is 0 Å². The van der Waals surface area contributed by atoms with Crippen molar-refractivity contribution in [3.63, 3.8) is 0 Å². The van der Waals surface area contributed by atoms with Gasteiger partial charge in [0.15, 0.2) is 0 Å². The predicted octanol–water partition coefficient (Wildman–Crippen LogP) is 1.89. The Bertz CT molecular complexity index is 394. The first-order chi connectivity index (χ1) is 8.00. The monoisotopic (exact) mass is 240 g/mol. The molecule has 0 heterocycles. The van der Waals surface area contributed by atoms with Crippen LogP contribution >= 0.6 is 0 Å². The number of aromatic carboxylic acids is 1. The van der Waals surface area contributed by atoms with Gasteiger partial charge in [0.25, 0.3) is 0 Å². The minimum atomic E-state index is -1.25. The van der Waals surface area contributed by atoms with Crippen molar-refractivity contribution in [3.8, 4) is 0 Å². The topological polar surface area (TPSA) is 52.6 Å². The van der Waals surface area contributed by atoms with Crippen LogP contribution in [-0.2, 0) is 0 Å². The molecule has 0 amide bonds. The number of carbonyl (C=O) groups is 1. The standard InChI is InChI=1S/C12H17FN2O2/c1-15(2)7-3-6-14-9-4-5-10(12(16)17)11(13)8-9/h4-5,8,14H,3,6-7H2,1-2H3,(H,16,17). The summed E-state index contributed by atoms with van der Waals surface area (Å²) in [5.41, 5.74) is 0.301. The maximum atomic E-state index is 13.3. The van der Waals surface area contributed by atoms with Gasteiger partial charge in [0, 0.05) is 12.2 Å². The molecule has 0 aromatic heterocycles. The molecule has 94 valence electrons. The third-order valence-electron chi connectivity index (χ3n) is 2.31. The van der Waals surface area contributed by atoms with Crippen molar-refractivity contribution in [3.05, 3.63) is 29.6 Å². The predicted molar refractivity (Wildman–Crippen MR) is 65.0 cm³/mol. The molecule has 2 N–H and O–H groups in total. The highest BCUT2D eigenvalue weighted by molar-refractivity contribution is 5.88. The molecule has 0 fully saturated rings. The highest BCUT2D eigenvalue weighted by Gasteiger charge is 2.09. The third kappa shape index (κ3) is 4.40. The van der Waals surface area contributed by atoms with E-state index in [9.17, 15) is 9.18 Å². The van der Waals surface area contributed by atoms with Gasteiger partial charge in [0.2, 0.25) is 0 Å². The molecule has 1 rings (SSSR count). The molecule has 0 saturated carbocycles. The molecule has 0 saturated heterocycles. The van der Waals surface area contributed by atoms with E-state index in [0.717, 1.165) is 19.5 Å². The minimum Gasteiger partial charge on any atom is -0.478 e. The second-order valence-corrected chi connectivity index (χ2v) is 4.08. The number of hydrogen-bond donors (Lipinski definition) is 2. The van der Waals surface area contributed by atoms with Crippen molar-refractivity contribution in [1.29, 1.82) is 0 Å². The molecule has 4 nitrogen and oxygen atoms in total. The van der Waals surface area contributed by atoms with E-state index in [1.54, 1.807) is 6.07 Å². The van der Waals surface area contributed by atoms with E-state index < -0.39 is 11.8 Å². The van der Waals surface area contributed by atoms with Gasteiger partial charge >= 0.3 is 5.97 Å². The van der Waals surface area contributed by atoms with E-state index in [0.29, 0.717) is 5.69 Å². The van der Waals surface area contributed by atoms with Gasteiger partial charge in [-0.25, -0.2) is 9.18 Å². The summed E-state index contributed by atoms with van der Waals surface area (Å²) in [5, 5.41) is 11.7. The second-order valence-electron chi connectivity index (χ2n) is 4.08. The molecule has 0 atom stereocenters. The number of nitrogens with one attached hydrogen (secondary N) is 1. The van der Waals surface area contributed by atoms with Crippen molar-refractivity contribution < 1.29 is 14.3 Å². The van der Waals surface area contributed by atoms with Crippen LogP contribution in [0.5, 0.6) is 0 Å². The Labute approximate surface area is 100 Å². The third-order valence-corrected chi connectivity index (χ3v) is 2.31. The Balaban J connectivity index is 2.50. The normalized spacial score (nSPS) is 10.6. The lowest BCUT2D eigenvalue weighted by molar-refractivity contribution is 0.0692. The summed E-state index contributed by atoms with van der Waals surface area (Å²) in [7, 11) is 3.97. The van der Waals surface area contributed by atoms with Crippen molar-refractivity contribution >= 4 is 11.7 Å². The summed E-state index contributed by atoms with van der Waals surface area (Å²) in [6.07, 6.45) is 0.940. The fourth-order valence-electron chi connectivity index (χ4n) is 1.43. The number of anilines is 1. The molecule has 1 aromatic carbocycles. The summed E-state index contributed by atoms with van der Waals surface area (Å²) in [5.74, 6) is -1.96. The zero-order chi connectivity index (χ0) is 12.8. The van der Waals surface area contributed by atoms with Crippen LogP contribution in [0.15, 0.2) is 18.2 Å². The molecular formula is C12H17FN2O2. The molecule has 1 aromatic rings. The molecule has 5 heteroatoms. The van der Waals surface area contributed by atoms with Crippen molar-refractivity contribution in [1.82, 2.24) is 4.90 Å². The molecule has 0 radical (unpaired) electrons. The molecule has 0 bridgehead atoms. The summed E-state index contributed by atoms with van der Waals surface area (Å²) < 4.78 is 13.3. The SMILES string of the molecule is CN(C)CCCNc1ccc(C(=O)O)c(F)c1. The van der Waals surface area contributed by atoms with E-state index in [1.807, 2.05) is 14.1 Å². The number of hydrogen-bond acceptors (Lipinski definition) is 3. The van der Waals surface area contributed by atoms with Crippen molar-refractivity contribution in [2.45, 2.75) is 6.42 Å². The molecule has 0 spiro atoms. The van der Waals surface area contributed by atoms with Gasteiger partial charge in [-0.15, -0.1) is 0 Å². The largest absolute Gasteiger partial charge is 0.478 e. The van der Waals surface area contributed by atoms with Gasteiger partial charge in [-0.05, 0) is 45.3 Å². The molecule has 0 aliphatic carbocycles. The first kappa shape index (κ1) is 13.4. The maximum Gasteiger partial charge on any atom is 0.338 e. The number of carboxylic acids is 1. The summed E-state index contributed by atoms with van der Waals surface area (Å²) in [4.78, 5) is 12.7. The smallest absolute Gasteiger partial charge is 0.338 e. The zero-order valence-electron chi connectivity index (χ0n) is 10.0. The van der Waals surface area contributed by atoms with Gasteiger partial charge in [-0.1, -0.05) is 0 Å². The van der Waals surface area contributed by atoms with Crippen LogP contribution in [0.2, 0.25) is 0 Å². The first-order valence-corrected chi connectivity index (χ1v) is 5.42. The number of benzene rings is 1. The van der Waals surface area contributed by atoms with Crippen LogP contribution in [0.25, 0.3) is 0 Å². The van der Waals surface area contributed by atoms with Crippen LogP contribution in [0.3, 0.4) is 0 Å². The van der Waals surface area contributed by atoms with E-state index in [2.05, 4.69) is 10.2 Å². The van der Waals surface area contributed by atoms with Crippen LogP contribution in [0.1, 0.15) is 16.8 Å². The average Bonchev–Trinajstić information content (AvgIpc) is 2.23. The Morgan fingerprint density at radius 3 is 2.71 bits per heavy atom. The molecule has 0 aliphatic heterocycles.